The van der Waals surface area contributed by atoms with Gasteiger partial charge in [-0.15, -0.1) is 0 Å². The van der Waals surface area contributed by atoms with Crippen LogP contribution in [0.2, 0.25) is 0 Å². The number of aliphatic carboxylic acids is 1. The molecule has 1 saturated heterocycles. The van der Waals surface area contributed by atoms with Crippen LogP contribution < -0.4 is 0 Å². The number of ether oxygens (including phenoxy) is 2. The second-order valence-corrected chi connectivity index (χ2v) is 14.2. The fraction of sp³-hybridized carbons (Fsp3) is 0.967. The Bertz CT molecular complexity index is 882. The minimum atomic E-state index is -1.46. The SMILES string of the molecule is C[C@H](CCC(=O)O)[C@H]1CC[C@H]2[C@@H]3C[C@H](O)[C@@H]4C[C@H](O[C@@H]5O[C@H](CO)[C@@H](O)[C@H](O)[C@H]5O)CC[C@]4(C)[C@H]3CC[C@]12C. The van der Waals surface area contributed by atoms with Crippen LogP contribution in [0.4, 0.5) is 0 Å². The van der Waals surface area contributed by atoms with Gasteiger partial charge in [0.1, 0.15) is 24.4 Å². The smallest absolute Gasteiger partial charge is 0.303 e. The highest BCUT2D eigenvalue weighted by molar-refractivity contribution is 5.66. The standard InChI is InChI=1S/C30H50O9/c1-15(4-7-24(33)34)18-5-6-19-17-13-22(32)21-12-16(8-10-30(21,3)20(17)9-11-29(18,19)2)38-28-27(37)26(36)25(35)23(14-31)39-28/h15-23,25-28,31-32,35-37H,4-14H2,1-3H3,(H,33,34)/t15-,16-,17+,18-,19+,20+,21+,22+,23-,25-,26+,27-,28-,29-,30-/m1/s1. The highest BCUT2D eigenvalue weighted by Crippen LogP contribution is 2.68. The molecule has 6 N–H and O–H groups in total. The van der Waals surface area contributed by atoms with Gasteiger partial charge in [-0.2, -0.15) is 0 Å². The van der Waals surface area contributed by atoms with E-state index in [1.165, 1.54) is 0 Å². The molecule has 4 saturated carbocycles. The third kappa shape index (κ3) is 5.08. The predicted molar refractivity (Wildman–Crippen MR) is 141 cm³/mol. The maximum atomic E-state index is 11.6. The Balaban J connectivity index is 1.26. The number of hydrogen-bond donors (Lipinski definition) is 6. The Morgan fingerprint density at radius 1 is 0.923 bits per heavy atom. The Morgan fingerprint density at radius 2 is 1.62 bits per heavy atom. The molecule has 0 amide bonds. The van der Waals surface area contributed by atoms with Crippen LogP contribution in [0.15, 0.2) is 0 Å². The first-order valence-electron chi connectivity index (χ1n) is 15.3. The second-order valence-electron chi connectivity index (χ2n) is 14.2. The summed E-state index contributed by atoms with van der Waals surface area (Å²) in [5.41, 5.74) is 0.192. The third-order valence-electron chi connectivity index (χ3n) is 12.4. The van der Waals surface area contributed by atoms with Crippen LogP contribution in [0.25, 0.3) is 0 Å². The molecule has 0 spiro atoms. The highest BCUT2D eigenvalue weighted by Gasteiger charge is 2.62. The number of carbonyl (C=O) groups is 1. The average molecular weight is 555 g/mol. The predicted octanol–water partition coefficient (Wildman–Crippen LogP) is 2.30. The summed E-state index contributed by atoms with van der Waals surface area (Å²) >= 11 is 0. The third-order valence-corrected chi connectivity index (χ3v) is 12.4. The van der Waals surface area contributed by atoms with Crippen molar-refractivity contribution in [3.05, 3.63) is 0 Å². The lowest BCUT2D eigenvalue weighted by atomic mass is 9.43. The molecule has 224 valence electrons. The first-order valence-corrected chi connectivity index (χ1v) is 15.3. The lowest BCUT2D eigenvalue weighted by Gasteiger charge is -2.62. The maximum absolute atomic E-state index is 11.6. The fourth-order valence-corrected chi connectivity index (χ4v) is 10.3. The first kappa shape index (κ1) is 29.7. The number of rotatable bonds is 7. The molecule has 0 aromatic carbocycles. The Labute approximate surface area is 231 Å². The molecule has 15 atom stereocenters. The summed E-state index contributed by atoms with van der Waals surface area (Å²) in [6.07, 6.45) is 1.53. The summed E-state index contributed by atoms with van der Waals surface area (Å²) in [5.74, 6) is 1.84. The van der Waals surface area contributed by atoms with E-state index in [2.05, 4.69) is 20.8 Å². The maximum Gasteiger partial charge on any atom is 0.303 e. The summed E-state index contributed by atoms with van der Waals surface area (Å²) in [6, 6.07) is 0. The van der Waals surface area contributed by atoms with E-state index < -0.39 is 49.4 Å². The molecule has 0 radical (unpaired) electrons. The number of hydrogen-bond acceptors (Lipinski definition) is 8. The van der Waals surface area contributed by atoms with Gasteiger partial charge in [0.2, 0.25) is 0 Å². The van der Waals surface area contributed by atoms with E-state index in [-0.39, 0.29) is 29.3 Å². The van der Waals surface area contributed by atoms with Crippen LogP contribution in [0.5, 0.6) is 0 Å². The van der Waals surface area contributed by atoms with Gasteiger partial charge < -0.3 is 40.1 Å². The molecule has 39 heavy (non-hydrogen) atoms. The molecule has 1 aliphatic heterocycles. The van der Waals surface area contributed by atoms with Gasteiger partial charge in [0.25, 0.3) is 0 Å². The molecule has 9 heteroatoms. The number of aliphatic hydroxyl groups is 5. The van der Waals surface area contributed by atoms with Crippen molar-refractivity contribution < 1.29 is 44.9 Å². The Hall–Kier alpha value is -0.810. The van der Waals surface area contributed by atoms with E-state index in [0.29, 0.717) is 36.0 Å². The molecule has 5 aliphatic rings. The van der Waals surface area contributed by atoms with Crippen molar-refractivity contribution in [2.75, 3.05) is 6.61 Å². The number of carboxylic acids is 1. The second kappa shape index (κ2) is 11.1. The zero-order valence-electron chi connectivity index (χ0n) is 23.7. The van der Waals surface area contributed by atoms with E-state index in [4.69, 9.17) is 9.47 Å². The van der Waals surface area contributed by atoms with Crippen LogP contribution in [0, 0.1) is 46.3 Å². The zero-order valence-corrected chi connectivity index (χ0v) is 23.7. The van der Waals surface area contributed by atoms with Gasteiger partial charge in [-0.05, 0) is 104 Å². The van der Waals surface area contributed by atoms with Crippen molar-refractivity contribution in [3.63, 3.8) is 0 Å². The number of aliphatic hydroxyl groups excluding tert-OH is 5. The van der Waals surface area contributed by atoms with Crippen molar-refractivity contribution in [2.24, 2.45) is 46.3 Å². The molecule has 0 aromatic rings. The quantitative estimate of drug-likeness (QED) is 0.260. The summed E-state index contributed by atoms with van der Waals surface area (Å²) in [4.78, 5) is 11.2. The Kier molecular flexibility index (Phi) is 8.46. The van der Waals surface area contributed by atoms with E-state index in [1.54, 1.807) is 0 Å². The van der Waals surface area contributed by atoms with Crippen LogP contribution in [0.3, 0.4) is 0 Å². The van der Waals surface area contributed by atoms with Gasteiger partial charge >= 0.3 is 5.97 Å². The minimum Gasteiger partial charge on any atom is -0.481 e. The van der Waals surface area contributed by atoms with Gasteiger partial charge in [0, 0.05) is 6.42 Å². The normalized spacial score (nSPS) is 52.4. The molecule has 9 nitrogen and oxygen atoms in total. The number of carboxylic acid groups (broad SMARTS) is 1. The van der Waals surface area contributed by atoms with Crippen molar-refractivity contribution in [1.82, 2.24) is 0 Å². The van der Waals surface area contributed by atoms with E-state index in [0.717, 1.165) is 51.4 Å². The fourth-order valence-electron chi connectivity index (χ4n) is 10.3. The van der Waals surface area contributed by atoms with Crippen molar-refractivity contribution >= 4 is 5.97 Å². The lowest BCUT2D eigenvalue weighted by Crippen LogP contribution is -2.61. The van der Waals surface area contributed by atoms with Crippen molar-refractivity contribution in [2.45, 2.75) is 128 Å². The van der Waals surface area contributed by atoms with Gasteiger partial charge in [0.15, 0.2) is 6.29 Å². The molecule has 1 heterocycles. The van der Waals surface area contributed by atoms with Crippen molar-refractivity contribution in [1.29, 1.82) is 0 Å². The summed E-state index contributed by atoms with van der Waals surface area (Å²) in [5, 5.41) is 61.0. The van der Waals surface area contributed by atoms with Crippen LogP contribution in [-0.2, 0) is 14.3 Å². The van der Waals surface area contributed by atoms with Crippen LogP contribution in [0.1, 0.15) is 85.0 Å². The zero-order chi connectivity index (χ0) is 28.3. The highest BCUT2D eigenvalue weighted by atomic mass is 16.7. The molecule has 0 bridgehead atoms. The molecular weight excluding hydrogens is 504 g/mol. The van der Waals surface area contributed by atoms with Gasteiger partial charge in [-0.25, -0.2) is 0 Å². The summed E-state index contributed by atoms with van der Waals surface area (Å²) < 4.78 is 11.7. The summed E-state index contributed by atoms with van der Waals surface area (Å²) in [7, 11) is 0. The minimum absolute atomic E-state index is 0.00802. The molecular formula is C30H50O9. The van der Waals surface area contributed by atoms with Gasteiger partial charge in [-0.3, -0.25) is 4.79 Å². The molecule has 4 aliphatic carbocycles. The molecule has 5 fully saturated rings. The average Bonchev–Trinajstić information content (AvgIpc) is 3.25. The van der Waals surface area contributed by atoms with Crippen molar-refractivity contribution in [3.8, 4) is 0 Å². The van der Waals surface area contributed by atoms with E-state index in [9.17, 15) is 35.4 Å². The van der Waals surface area contributed by atoms with E-state index in [1.807, 2.05) is 0 Å². The Morgan fingerprint density at radius 3 is 2.31 bits per heavy atom. The first-order chi connectivity index (χ1) is 18.4. The van der Waals surface area contributed by atoms with Gasteiger partial charge in [0.05, 0.1) is 18.8 Å². The van der Waals surface area contributed by atoms with Gasteiger partial charge in [-0.1, -0.05) is 20.8 Å². The lowest BCUT2D eigenvalue weighted by molar-refractivity contribution is -0.317. The number of fused-ring (bicyclic) bond motifs is 5. The van der Waals surface area contributed by atoms with Crippen LogP contribution >= 0.6 is 0 Å². The van der Waals surface area contributed by atoms with Crippen LogP contribution in [-0.4, -0.2) is 86.1 Å². The molecule has 0 aromatic heterocycles. The molecule has 5 rings (SSSR count). The van der Waals surface area contributed by atoms with E-state index >= 15 is 0 Å². The monoisotopic (exact) mass is 554 g/mol. The molecule has 0 unspecified atom stereocenters. The summed E-state index contributed by atoms with van der Waals surface area (Å²) in [6.45, 7) is 6.54. The largest absolute Gasteiger partial charge is 0.481 e. The topological polar surface area (TPSA) is 157 Å².